The largest absolute Gasteiger partial charge is 0.389 e. The number of nitrogens with zero attached hydrogens (tertiary/aromatic N) is 2. The quantitative estimate of drug-likeness (QED) is 0.680. The van der Waals surface area contributed by atoms with E-state index in [9.17, 15) is 5.11 Å². The summed E-state index contributed by atoms with van der Waals surface area (Å²) in [6.07, 6.45) is 1.46. The van der Waals surface area contributed by atoms with Crippen LogP contribution in [-0.2, 0) is 6.42 Å². The Morgan fingerprint density at radius 1 is 1.53 bits per heavy atom. The second-order valence-electron chi connectivity index (χ2n) is 4.01. The fourth-order valence-corrected chi connectivity index (χ4v) is 1.13. The topological polar surface area (TPSA) is 71.2 Å². The Morgan fingerprint density at radius 2 is 2.27 bits per heavy atom. The lowest BCUT2D eigenvalue weighted by Crippen LogP contribution is -2.37. The Hall–Kier alpha value is -0.940. The van der Waals surface area contributed by atoms with Crippen molar-refractivity contribution in [3.63, 3.8) is 0 Å². The Labute approximate surface area is 89.9 Å². The Morgan fingerprint density at radius 3 is 2.80 bits per heavy atom. The minimum atomic E-state index is -0.632. The molecule has 0 spiro atoms. The molecular weight excluding hydrogens is 194 g/mol. The van der Waals surface area contributed by atoms with E-state index in [1.165, 1.54) is 0 Å². The summed E-state index contributed by atoms with van der Waals surface area (Å²) in [5.74, 6) is 1.29. The van der Waals surface area contributed by atoms with Gasteiger partial charge in [0, 0.05) is 26.4 Å². The molecule has 1 unspecified atom stereocenters. The van der Waals surface area contributed by atoms with Crippen molar-refractivity contribution in [2.45, 2.75) is 39.2 Å². The summed E-state index contributed by atoms with van der Waals surface area (Å²) in [5.41, 5.74) is -0.632. The minimum absolute atomic E-state index is 0.584. The first kappa shape index (κ1) is 12.1. The summed E-state index contributed by atoms with van der Waals surface area (Å²) in [5, 5.41) is 16.7. The molecule has 0 saturated heterocycles. The van der Waals surface area contributed by atoms with Crippen LogP contribution in [0, 0.1) is 6.92 Å². The van der Waals surface area contributed by atoms with Gasteiger partial charge < -0.3 is 14.9 Å². The molecule has 0 aliphatic carbocycles. The van der Waals surface area contributed by atoms with Crippen LogP contribution in [0.2, 0.25) is 0 Å². The van der Waals surface area contributed by atoms with Crippen LogP contribution in [0.4, 0.5) is 0 Å². The first-order chi connectivity index (χ1) is 7.03. The summed E-state index contributed by atoms with van der Waals surface area (Å²) in [7, 11) is 0. The lowest BCUT2D eigenvalue weighted by Gasteiger charge is -2.21. The van der Waals surface area contributed by atoms with Gasteiger partial charge in [0.25, 0.3) is 0 Å². The van der Waals surface area contributed by atoms with Crippen molar-refractivity contribution < 1.29 is 9.63 Å². The fourth-order valence-electron chi connectivity index (χ4n) is 1.13. The molecule has 86 valence electrons. The standard InChI is InChI=1S/C10H19N3O2/c1-4-10(3,14)7-11-6-5-9-12-8(2)15-13-9/h11,14H,4-7H2,1-3H3. The molecule has 5 heteroatoms. The first-order valence-electron chi connectivity index (χ1n) is 5.26. The second kappa shape index (κ2) is 5.23. The highest BCUT2D eigenvalue weighted by molar-refractivity contribution is 4.85. The highest BCUT2D eigenvalue weighted by Crippen LogP contribution is 2.05. The molecule has 0 fully saturated rings. The van der Waals surface area contributed by atoms with E-state index in [-0.39, 0.29) is 0 Å². The van der Waals surface area contributed by atoms with Gasteiger partial charge in [0.1, 0.15) is 0 Å². The van der Waals surface area contributed by atoms with Crippen LogP contribution in [-0.4, -0.2) is 33.9 Å². The highest BCUT2D eigenvalue weighted by atomic mass is 16.5. The van der Waals surface area contributed by atoms with Crippen LogP contribution in [0.5, 0.6) is 0 Å². The number of aryl methyl sites for hydroxylation is 1. The zero-order valence-corrected chi connectivity index (χ0v) is 9.58. The van der Waals surface area contributed by atoms with Gasteiger partial charge in [0.15, 0.2) is 5.82 Å². The van der Waals surface area contributed by atoms with Gasteiger partial charge in [0.05, 0.1) is 5.60 Å². The van der Waals surface area contributed by atoms with Gasteiger partial charge in [-0.05, 0) is 13.3 Å². The number of aromatic nitrogens is 2. The summed E-state index contributed by atoms with van der Waals surface area (Å²) in [6, 6.07) is 0. The molecule has 5 nitrogen and oxygen atoms in total. The van der Waals surface area contributed by atoms with E-state index in [2.05, 4.69) is 15.5 Å². The lowest BCUT2D eigenvalue weighted by atomic mass is 10.0. The third-order valence-corrected chi connectivity index (χ3v) is 2.36. The van der Waals surface area contributed by atoms with Gasteiger partial charge in [-0.1, -0.05) is 12.1 Å². The number of hydrogen-bond acceptors (Lipinski definition) is 5. The molecule has 2 N–H and O–H groups in total. The first-order valence-corrected chi connectivity index (χ1v) is 5.26. The summed E-state index contributed by atoms with van der Waals surface area (Å²) in [4.78, 5) is 4.08. The van der Waals surface area contributed by atoms with Crippen molar-refractivity contribution in [1.82, 2.24) is 15.5 Å². The molecule has 1 rings (SSSR count). The lowest BCUT2D eigenvalue weighted by molar-refractivity contribution is 0.0561. The van der Waals surface area contributed by atoms with Crippen molar-refractivity contribution in [1.29, 1.82) is 0 Å². The van der Waals surface area contributed by atoms with E-state index in [1.807, 2.05) is 13.8 Å². The maximum absolute atomic E-state index is 9.71. The van der Waals surface area contributed by atoms with Crippen LogP contribution < -0.4 is 5.32 Å². The molecule has 0 amide bonds. The van der Waals surface area contributed by atoms with Crippen molar-refractivity contribution >= 4 is 0 Å². The van der Waals surface area contributed by atoms with Crippen LogP contribution in [0.1, 0.15) is 32.0 Å². The van der Waals surface area contributed by atoms with Crippen molar-refractivity contribution in [3.8, 4) is 0 Å². The average molecular weight is 213 g/mol. The van der Waals surface area contributed by atoms with Crippen molar-refractivity contribution in [2.75, 3.05) is 13.1 Å². The molecule has 0 bridgehead atoms. The van der Waals surface area contributed by atoms with E-state index in [1.54, 1.807) is 6.92 Å². The zero-order valence-electron chi connectivity index (χ0n) is 9.58. The average Bonchev–Trinajstić information content (AvgIpc) is 2.59. The van der Waals surface area contributed by atoms with Crippen LogP contribution in [0.25, 0.3) is 0 Å². The van der Waals surface area contributed by atoms with Crippen LogP contribution in [0.15, 0.2) is 4.52 Å². The van der Waals surface area contributed by atoms with Crippen LogP contribution in [0.3, 0.4) is 0 Å². The molecule has 0 radical (unpaired) electrons. The SMILES string of the molecule is CCC(C)(O)CNCCc1noc(C)n1. The predicted octanol–water partition coefficient (Wildman–Crippen LogP) is 0.671. The Balaban J connectivity index is 2.17. The molecular formula is C10H19N3O2. The Bertz CT molecular complexity index is 297. The molecule has 1 atom stereocenters. The van der Waals surface area contributed by atoms with E-state index < -0.39 is 5.60 Å². The van der Waals surface area contributed by atoms with E-state index in [4.69, 9.17) is 4.52 Å². The van der Waals surface area contributed by atoms with Gasteiger partial charge in [-0.25, -0.2) is 0 Å². The molecule has 0 aromatic carbocycles. The summed E-state index contributed by atoms with van der Waals surface area (Å²) >= 11 is 0. The van der Waals surface area contributed by atoms with Crippen LogP contribution >= 0.6 is 0 Å². The number of aliphatic hydroxyl groups is 1. The molecule has 0 aliphatic heterocycles. The van der Waals surface area contributed by atoms with E-state index in [0.717, 1.165) is 19.4 Å². The molecule has 1 heterocycles. The molecule has 1 aromatic heterocycles. The van der Waals surface area contributed by atoms with Crippen molar-refractivity contribution in [3.05, 3.63) is 11.7 Å². The van der Waals surface area contributed by atoms with Crippen molar-refractivity contribution in [2.24, 2.45) is 0 Å². The van der Waals surface area contributed by atoms with Gasteiger partial charge in [-0.3, -0.25) is 0 Å². The maximum atomic E-state index is 9.71. The molecule has 0 saturated carbocycles. The number of hydrogen-bond donors (Lipinski definition) is 2. The molecule has 15 heavy (non-hydrogen) atoms. The number of nitrogens with one attached hydrogen (secondary N) is 1. The van der Waals surface area contributed by atoms with E-state index in [0.29, 0.717) is 18.3 Å². The maximum Gasteiger partial charge on any atom is 0.223 e. The van der Waals surface area contributed by atoms with Gasteiger partial charge >= 0.3 is 0 Å². The van der Waals surface area contributed by atoms with Gasteiger partial charge in [-0.15, -0.1) is 0 Å². The Kier molecular flexibility index (Phi) is 4.23. The third-order valence-electron chi connectivity index (χ3n) is 2.36. The number of rotatable bonds is 6. The van der Waals surface area contributed by atoms with Gasteiger partial charge in [0.2, 0.25) is 5.89 Å². The third kappa shape index (κ3) is 4.40. The zero-order chi connectivity index (χ0) is 11.3. The normalized spacial score (nSPS) is 15.2. The second-order valence-corrected chi connectivity index (χ2v) is 4.01. The summed E-state index contributed by atoms with van der Waals surface area (Å²) in [6.45, 7) is 6.88. The molecule has 1 aromatic rings. The van der Waals surface area contributed by atoms with E-state index >= 15 is 0 Å². The van der Waals surface area contributed by atoms with Gasteiger partial charge in [-0.2, -0.15) is 4.98 Å². The minimum Gasteiger partial charge on any atom is -0.389 e. The fraction of sp³-hybridized carbons (Fsp3) is 0.800. The molecule has 0 aliphatic rings. The summed E-state index contributed by atoms with van der Waals surface area (Å²) < 4.78 is 4.85. The highest BCUT2D eigenvalue weighted by Gasteiger charge is 2.16. The monoisotopic (exact) mass is 213 g/mol. The smallest absolute Gasteiger partial charge is 0.223 e. The predicted molar refractivity (Wildman–Crippen MR) is 56.5 cm³/mol.